The van der Waals surface area contributed by atoms with Crippen molar-refractivity contribution in [3.8, 4) is 120 Å². The van der Waals surface area contributed by atoms with Crippen LogP contribution >= 0.6 is 22.7 Å². The van der Waals surface area contributed by atoms with Gasteiger partial charge in [-0.1, -0.05) is 78.9 Å². The van der Waals surface area contributed by atoms with Gasteiger partial charge in [-0.3, -0.25) is 0 Å². The van der Waals surface area contributed by atoms with E-state index in [0.717, 1.165) is 105 Å². The predicted octanol–water partition coefficient (Wildman–Crippen LogP) is 19.6. The Morgan fingerprint density at radius 1 is 0.318 bits per heavy atom. The molecule has 129 heavy (non-hydrogen) atoms. The molecule has 0 aliphatic rings. The number of nitrogens with zero attached hydrogens (tertiary/aromatic N) is 18. The third-order valence-electron chi connectivity index (χ3n) is 20.0. The minimum atomic E-state index is 0.324. The Balaban J connectivity index is 0.000000121. The van der Waals surface area contributed by atoms with Crippen LogP contribution in [0.25, 0.3) is 89.2 Å². The van der Waals surface area contributed by atoms with E-state index >= 15 is 0 Å². The van der Waals surface area contributed by atoms with Gasteiger partial charge in [0.2, 0.25) is 0 Å². The minimum absolute atomic E-state index is 0.324. The number of thiazole rings is 1. The summed E-state index contributed by atoms with van der Waals surface area (Å²) in [5, 5.41) is 33.5. The lowest BCUT2D eigenvalue weighted by Gasteiger charge is -2.10. The highest BCUT2D eigenvalue weighted by Crippen LogP contribution is 2.39. The highest BCUT2D eigenvalue weighted by molar-refractivity contribution is 7.11. The Kier molecular flexibility index (Phi) is 25.2. The second kappa shape index (κ2) is 38.7. The lowest BCUT2D eigenvalue weighted by Crippen LogP contribution is -1.97. The fraction of sp³-hybridized carbons (Fsp3) is 0.0928. The van der Waals surface area contributed by atoms with E-state index in [0.29, 0.717) is 130 Å². The number of benzene rings is 10. The number of ether oxygens (including phenoxy) is 8. The molecule has 8 N–H and O–H groups in total. The van der Waals surface area contributed by atoms with Crippen LogP contribution in [0.2, 0.25) is 0 Å². The van der Waals surface area contributed by atoms with Crippen molar-refractivity contribution in [3.63, 3.8) is 0 Å². The Labute approximate surface area is 746 Å². The van der Waals surface area contributed by atoms with E-state index in [2.05, 4.69) is 77.4 Å². The number of fused-ring (bicyclic) bond motifs is 4. The summed E-state index contributed by atoms with van der Waals surface area (Å²) in [5.41, 5.74) is 36.1. The fourth-order valence-corrected chi connectivity index (χ4v) is 15.2. The quantitative estimate of drug-likeness (QED) is 0.0436. The molecule has 10 heterocycles. The van der Waals surface area contributed by atoms with Gasteiger partial charge >= 0.3 is 0 Å². The number of rotatable bonds is 24. The third-order valence-corrected chi connectivity index (χ3v) is 21.8. The molecule has 0 aliphatic carbocycles. The van der Waals surface area contributed by atoms with Crippen LogP contribution in [-0.4, -0.2) is 84.0 Å². The van der Waals surface area contributed by atoms with Crippen molar-refractivity contribution >= 4 is 90.1 Å². The van der Waals surface area contributed by atoms with Gasteiger partial charge in [0.05, 0.1) is 37.0 Å². The molecule has 0 atom stereocenters. The van der Waals surface area contributed by atoms with Gasteiger partial charge in [-0.15, -0.1) is 22.7 Å². The maximum Gasteiger partial charge on any atom is 0.163 e. The average molecular weight is 1750 g/mol. The van der Waals surface area contributed by atoms with E-state index in [1.54, 1.807) is 53.5 Å². The van der Waals surface area contributed by atoms with Crippen molar-refractivity contribution < 1.29 is 37.9 Å². The van der Waals surface area contributed by atoms with Gasteiger partial charge in [-0.25, -0.2) is 63.6 Å². The van der Waals surface area contributed by atoms with E-state index in [1.165, 1.54) is 30.2 Å². The van der Waals surface area contributed by atoms with Gasteiger partial charge in [0.15, 0.2) is 22.6 Å². The van der Waals surface area contributed by atoms with E-state index in [4.69, 9.17) is 60.8 Å². The van der Waals surface area contributed by atoms with Crippen LogP contribution in [0.15, 0.2) is 298 Å². The van der Waals surface area contributed by atoms with Crippen LogP contribution in [-0.2, 0) is 54.6 Å². The number of aromatic nitrogens is 17. The molecule has 0 radical (unpaired) electrons. The monoisotopic (exact) mass is 1740 g/mol. The lowest BCUT2D eigenvalue weighted by atomic mass is 10.1. The van der Waals surface area contributed by atoms with E-state index < -0.39 is 0 Å². The van der Waals surface area contributed by atoms with E-state index in [-0.39, 0.29) is 0 Å². The van der Waals surface area contributed by atoms with Crippen LogP contribution in [0.1, 0.15) is 31.5 Å². The fourth-order valence-electron chi connectivity index (χ4n) is 13.9. The Morgan fingerprint density at radius 3 is 1.03 bits per heavy atom. The zero-order chi connectivity index (χ0) is 88.7. The molecule has 10 aromatic carbocycles. The molecule has 0 spiro atoms. The lowest BCUT2D eigenvalue weighted by molar-refractivity contribution is 0.304. The summed E-state index contributed by atoms with van der Waals surface area (Å²) in [6.07, 6.45) is 7.60. The first-order valence-electron chi connectivity index (χ1n) is 40.3. The number of nitriles is 1. The Morgan fingerprint density at radius 2 is 0.659 bits per heavy atom. The summed E-state index contributed by atoms with van der Waals surface area (Å²) in [6, 6.07) is 84.5. The first-order valence-corrected chi connectivity index (χ1v) is 42.0. The first-order chi connectivity index (χ1) is 63.0. The molecule has 0 aliphatic heterocycles. The molecule has 638 valence electrons. The molecule has 0 saturated carbocycles. The maximum atomic E-state index is 9.22. The van der Waals surface area contributed by atoms with Crippen LogP contribution in [0, 0.1) is 18.3 Å². The number of anilines is 4. The van der Waals surface area contributed by atoms with Crippen molar-refractivity contribution in [2.24, 2.45) is 28.2 Å². The SMILES string of the molecule is Cc1ncc(COc2cccc(Oc3ccc(-c4nn(C)c5ncnc(N)c45)cc3)c2)s1.Cn1nc(-c2ccc(Oc3cccc(COc4ccccc4C#N)c3)cc2)c2c(N)ncnc21.Cn1nc(-c2ccc(Oc3cccc(OCc4ccccc4)c3)cc2)c2c(N)ncnc21.Cn1nc(-c2ccc(Oc3cccc(OCc4cccs4)c3)cc2)c2c(N)ncnc21. The van der Waals surface area contributed by atoms with Crippen molar-refractivity contribution in [2.45, 2.75) is 33.4 Å². The molecule has 10 aromatic heterocycles. The van der Waals surface area contributed by atoms with Crippen molar-refractivity contribution in [3.05, 3.63) is 329 Å². The van der Waals surface area contributed by atoms with E-state index in [1.807, 2.05) is 289 Å². The molecule has 20 rings (SSSR count). The molecule has 20 aromatic rings. The van der Waals surface area contributed by atoms with Gasteiger partial charge < -0.3 is 60.8 Å². The van der Waals surface area contributed by atoms with Crippen molar-refractivity contribution in [2.75, 3.05) is 22.9 Å². The van der Waals surface area contributed by atoms with Crippen LogP contribution in [0.5, 0.6) is 69.0 Å². The van der Waals surface area contributed by atoms with Crippen LogP contribution in [0.3, 0.4) is 0 Å². The Hall–Kier alpha value is -17.2. The number of thiophene rings is 1. The topological polar surface area (TPSA) is 389 Å². The summed E-state index contributed by atoms with van der Waals surface area (Å²) in [4.78, 5) is 40.0. The molecule has 30 nitrogen and oxygen atoms in total. The van der Waals surface area contributed by atoms with Crippen molar-refractivity contribution in [1.29, 1.82) is 5.26 Å². The van der Waals surface area contributed by atoms with E-state index in [9.17, 15) is 5.26 Å². The first kappa shape index (κ1) is 84.1. The summed E-state index contributed by atoms with van der Waals surface area (Å²) >= 11 is 3.30. The van der Waals surface area contributed by atoms with Gasteiger partial charge in [-0.2, -0.15) is 25.7 Å². The molecular weight excluding hydrogens is 1670 g/mol. The highest BCUT2D eigenvalue weighted by Gasteiger charge is 2.22. The highest BCUT2D eigenvalue weighted by atomic mass is 32.1. The molecule has 32 heteroatoms. The zero-order valence-corrected chi connectivity index (χ0v) is 71.7. The number of nitrogen functional groups attached to an aromatic ring is 4. The number of aryl methyl sites for hydroxylation is 5. The largest absolute Gasteiger partial charge is 0.489 e. The smallest absolute Gasteiger partial charge is 0.163 e. The van der Waals surface area contributed by atoms with Gasteiger partial charge in [0.1, 0.15) is 173 Å². The molecule has 0 saturated heterocycles. The van der Waals surface area contributed by atoms with Crippen molar-refractivity contribution in [1.82, 2.24) is 84.0 Å². The van der Waals surface area contributed by atoms with Gasteiger partial charge in [0, 0.05) is 79.7 Å². The summed E-state index contributed by atoms with van der Waals surface area (Å²) in [5.74, 6) is 10.0. The second-order valence-electron chi connectivity index (χ2n) is 29.0. The number of hydrogen-bond donors (Lipinski definition) is 4. The third kappa shape index (κ3) is 20.1. The predicted molar refractivity (Wildman–Crippen MR) is 497 cm³/mol. The molecular formula is C97H80N22O8S2. The standard InChI is InChI=1S/C26H20N6O2.C25H21N5O2.C23H20N6O2S.C23H19N5O2S/c1-32-26-23(25(28)29-16-30-26)24(31-32)18-9-11-20(12-10-18)34-21-7-4-5-17(13-21)15-33-22-8-3-2-6-19(22)14-27;1-30-25-22(24(26)27-16-28-25)23(29-30)18-10-12-19(13-11-18)32-21-9-5-8-20(14-21)31-15-17-6-3-2-4-7-17;1-14-25-11-19(32-14)12-30-17-4-3-5-18(10-17)31-16-8-6-15(7-9-16)21-20-22(24)26-13-27-23(20)29(2)28-21;1-28-23-20(22(24)25-14-26-23)21(27-28)15-7-9-16(10-8-15)30-18-5-2-4-17(12-18)29-13-19-6-3-11-31-19/h2-13,16H,15H2,1H3,(H2,28,29,30);2-14,16H,15H2,1H3,(H2,26,27,28);3-11,13H,12H2,1-2H3,(H2,24,26,27);2-12,14H,13H2,1H3,(H2,24,25,26). The molecule has 0 fully saturated rings. The number of nitrogens with two attached hydrogens (primary N) is 4. The summed E-state index contributed by atoms with van der Waals surface area (Å²) < 4.78 is 54.3. The summed E-state index contributed by atoms with van der Waals surface area (Å²) in [6.45, 7) is 3.83. The second-order valence-corrected chi connectivity index (χ2v) is 31.3. The van der Waals surface area contributed by atoms with Gasteiger partial charge in [0.25, 0.3) is 0 Å². The molecule has 0 unspecified atom stereocenters. The number of hydrogen-bond acceptors (Lipinski definition) is 28. The minimum Gasteiger partial charge on any atom is -0.489 e. The maximum absolute atomic E-state index is 9.22. The number of para-hydroxylation sites is 1. The zero-order valence-electron chi connectivity index (χ0n) is 70.1. The Bertz CT molecular complexity index is 7350. The van der Waals surface area contributed by atoms with Gasteiger partial charge in [-0.05, 0) is 187 Å². The molecule has 0 bridgehead atoms. The van der Waals surface area contributed by atoms with Crippen LogP contribution < -0.4 is 60.8 Å². The normalized spacial score (nSPS) is 10.9. The average Bonchev–Trinajstić information content (AvgIpc) is 1.64. The summed E-state index contributed by atoms with van der Waals surface area (Å²) in [7, 11) is 7.33. The molecule has 0 amide bonds. The van der Waals surface area contributed by atoms with Crippen LogP contribution in [0.4, 0.5) is 23.3 Å².